The number of hydrogen-bond donors (Lipinski definition) is 0. The lowest BCUT2D eigenvalue weighted by Crippen LogP contribution is -3.00. The largest absolute Gasteiger partial charge is 1.00 e. The molecule has 6 heteroatoms. The van der Waals surface area contributed by atoms with Gasteiger partial charge in [-0.25, -0.2) is 9.50 Å². The highest BCUT2D eigenvalue weighted by Crippen LogP contribution is 2.12. The molecule has 108 valence electrons. The van der Waals surface area contributed by atoms with Gasteiger partial charge in [-0.15, -0.1) is 5.10 Å². The number of hydrogen-bond acceptors (Lipinski definition) is 3. The van der Waals surface area contributed by atoms with E-state index in [0.29, 0.717) is 12.4 Å². The van der Waals surface area contributed by atoms with Gasteiger partial charge in [0.15, 0.2) is 17.6 Å². The lowest BCUT2D eigenvalue weighted by atomic mass is 10.3. The molecule has 0 atom stereocenters. The van der Waals surface area contributed by atoms with Gasteiger partial charge in [0.2, 0.25) is 12.4 Å². The van der Waals surface area contributed by atoms with Crippen molar-refractivity contribution in [3.05, 3.63) is 48.3 Å². The van der Waals surface area contributed by atoms with Gasteiger partial charge in [-0.1, -0.05) is 0 Å². The fraction of sp³-hybridized carbons (Fsp3) is 0.200. The first kappa shape index (κ1) is 15.1. The minimum Gasteiger partial charge on any atom is -1.00 e. The molecule has 0 spiro atoms. The minimum atomic E-state index is 0. The number of aromatic nitrogens is 4. The van der Waals surface area contributed by atoms with Gasteiger partial charge in [0, 0.05) is 25.3 Å². The van der Waals surface area contributed by atoms with Crippen LogP contribution in [0.4, 0.5) is 0 Å². The molecule has 0 aliphatic heterocycles. The zero-order chi connectivity index (χ0) is 14.1. The molecule has 0 aromatic carbocycles. The third-order valence-electron chi connectivity index (χ3n) is 3.06. The second-order valence-corrected chi connectivity index (χ2v) is 4.86. The first-order chi connectivity index (χ1) is 9.63. The number of rotatable bonds is 3. The van der Waals surface area contributed by atoms with E-state index in [1.165, 1.54) is 0 Å². The van der Waals surface area contributed by atoms with Gasteiger partial charge in [0.05, 0.1) is 0 Å². The van der Waals surface area contributed by atoms with Crippen LogP contribution < -0.4 is 17.0 Å². The molecule has 0 unspecified atom stereocenters. The van der Waals surface area contributed by atoms with E-state index in [2.05, 4.69) is 10.1 Å². The number of carbonyl (C=O) groups excluding carboxylic acids is 1. The number of carbonyl (C=O) groups is 1. The Morgan fingerprint density at radius 2 is 2.14 bits per heavy atom. The first-order valence-electron chi connectivity index (χ1n) is 6.45. The van der Waals surface area contributed by atoms with E-state index >= 15 is 0 Å². The summed E-state index contributed by atoms with van der Waals surface area (Å²) < 4.78 is 3.61. The van der Waals surface area contributed by atoms with E-state index in [1.54, 1.807) is 11.4 Å². The smallest absolute Gasteiger partial charge is 0.252 e. The van der Waals surface area contributed by atoms with Crippen molar-refractivity contribution in [2.24, 2.45) is 0 Å². The summed E-state index contributed by atoms with van der Waals surface area (Å²) in [4.78, 5) is 15.9. The lowest BCUT2D eigenvalue weighted by molar-refractivity contribution is -0.673. The summed E-state index contributed by atoms with van der Waals surface area (Å²) in [5, 5.41) is 4.47. The second-order valence-electron chi connectivity index (χ2n) is 4.86. The lowest BCUT2D eigenvalue weighted by Gasteiger charge is -1.97. The van der Waals surface area contributed by atoms with Gasteiger partial charge in [0.25, 0.3) is 5.69 Å². The Labute approximate surface area is 128 Å². The van der Waals surface area contributed by atoms with Gasteiger partial charge < -0.3 is 12.4 Å². The maximum absolute atomic E-state index is 11.3. The zero-order valence-corrected chi connectivity index (χ0v) is 12.6. The Balaban J connectivity index is 0.00000161. The molecule has 0 fully saturated rings. The zero-order valence-electron chi connectivity index (χ0n) is 11.8. The van der Waals surface area contributed by atoms with E-state index in [9.17, 15) is 4.79 Å². The van der Waals surface area contributed by atoms with Crippen molar-refractivity contribution in [2.45, 2.75) is 20.4 Å². The standard InChI is InChI=1S/C15H15N4O.ClH/c1-11-6-8-19-14(9-11)16-15(17-19)13-5-3-4-7-18(13)10-12(2)20;/h3-9H,10H2,1-2H3;1H/q+1;/p-1. The van der Waals surface area contributed by atoms with Gasteiger partial charge >= 0.3 is 0 Å². The number of pyridine rings is 2. The number of fused-ring (bicyclic) bond motifs is 1. The summed E-state index contributed by atoms with van der Waals surface area (Å²) in [6, 6.07) is 9.70. The van der Waals surface area contributed by atoms with Crippen LogP contribution in [0.5, 0.6) is 0 Å². The van der Waals surface area contributed by atoms with Crippen molar-refractivity contribution in [3.63, 3.8) is 0 Å². The van der Waals surface area contributed by atoms with Crippen LogP contribution in [0.1, 0.15) is 12.5 Å². The van der Waals surface area contributed by atoms with E-state index in [-0.39, 0.29) is 18.2 Å². The molecule has 0 bridgehead atoms. The van der Waals surface area contributed by atoms with Crippen LogP contribution in [0.2, 0.25) is 0 Å². The Morgan fingerprint density at radius 3 is 2.90 bits per heavy atom. The molecule has 3 rings (SSSR count). The van der Waals surface area contributed by atoms with E-state index in [0.717, 1.165) is 16.9 Å². The van der Waals surface area contributed by atoms with Crippen molar-refractivity contribution < 1.29 is 21.8 Å². The Hall–Kier alpha value is -2.27. The van der Waals surface area contributed by atoms with Crippen molar-refractivity contribution in [2.75, 3.05) is 0 Å². The number of halogens is 1. The molecule has 21 heavy (non-hydrogen) atoms. The van der Waals surface area contributed by atoms with Gasteiger partial charge in [0.1, 0.15) is 0 Å². The molecule has 0 radical (unpaired) electrons. The number of aryl methyl sites for hydroxylation is 1. The highest BCUT2D eigenvalue weighted by Gasteiger charge is 2.18. The molecule has 0 N–H and O–H groups in total. The molecule has 0 amide bonds. The molecule has 3 aromatic heterocycles. The van der Waals surface area contributed by atoms with Crippen LogP contribution in [-0.2, 0) is 11.3 Å². The predicted octanol–water partition coefficient (Wildman–Crippen LogP) is -1.41. The quantitative estimate of drug-likeness (QED) is 0.558. The molecule has 0 aliphatic carbocycles. The predicted molar refractivity (Wildman–Crippen MR) is 74.0 cm³/mol. The summed E-state index contributed by atoms with van der Waals surface area (Å²) in [5.74, 6) is 0.722. The van der Waals surface area contributed by atoms with Crippen LogP contribution in [-0.4, -0.2) is 20.4 Å². The normalized spacial score (nSPS) is 10.4. The molecule has 0 aliphatic rings. The maximum Gasteiger partial charge on any atom is 0.252 e. The third kappa shape index (κ3) is 3.08. The van der Waals surface area contributed by atoms with Crippen LogP contribution in [0.3, 0.4) is 0 Å². The number of ketones is 1. The minimum absolute atomic E-state index is 0. The monoisotopic (exact) mass is 302 g/mol. The summed E-state index contributed by atoms with van der Waals surface area (Å²) in [6.07, 6.45) is 3.76. The van der Waals surface area contributed by atoms with E-state index < -0.39 is 0 Å². The van der Waals surface area contributed by atoms with Crippen LogP contribution in [0.25, 0.3) is 17.2 Å². The summed E-state index contributed by atoms with van der Waals surface area (Å²) in [6.45, 7) is 3.92. The van der Waals surface area contributed by atoms with Crippen molar-refractivity contribution in [1.29, 1.82) is 0 Å². The fourth-order valence-electron chi connectivity index (χ4n) is 2.15. The fourth-order valence-corrected chi connectivity index (χ4v) is 2.15. The molecule has 0 saturated heterocycles. The van der Waals surface area contributed by atoms with Crippen molar-refractivity contribution in [1.82, 2.24) is 14.6 Å². The van der Waals surface area contributed by atoms with Gasteiger partial charge in [-0.2, -0.15) is 4.57 Å². The van der Waals surface area contributed by atoms with Crippen molar-refractivity contribution >= 4 is 11.4 Å². The maximum atomic E-state index is 11.3. The van der Waals surface area contributed by atoms with Gasteiger partial charge in [-0.05, 0) is 30.7 Å². The van der Waals surface area contributed by atoms with Crippen LogP contribution in [0.15, 0.2) is 42.7 Å². The summed E-state index contributed by atoms with van der Waals surface area (Å²) >= 11 is 0. The van der Waals surface area contributed by atoms with Crippen LogP contribution in [0, 0.1) is 6.92 Å². The molecular formula is C15H15ClN4O. The summed E-state index contributed by atoms with van der Waals surface area (Å²) in [7, 11) is 0. The SMILES string of the molecule is CC(=O)C[n+]1ccccc1-c1nc2cc(C)ccn2n1.[Cl-]. The molecule has 3 aromatic rings. The Kier molecular flexibility index (Phi) is 4.33. The van der Waals surface area contributed by atoms with Gasteiger partial charge in [-0.3, -0.25) is 4.79 Å². The molecule has 5 nitrogen and oxygen atoms in total. The topological polar surface area (TPSA) is 51.1 Å². The van der Waals surface area contributed by atoms with E-state index in [4.69, 9.17) is 0 Å². The van der Waals surface area contributed by atoms with Crippen LogP contribution >= 0.6 is 0 Å². The molecular weight excluding hydrogens is 288 g/mol. The average molecular weight is 303 g/mol. The molecule has 0 saturated carbocycles. The molecule has 3 heterocycles. The highest BCUT2D eigenvalue weighted by molar-refractivity contribution is 5.74. The number of nitrogens with zero attached hydrogens (tertiary/aromatic N) is 4. The first-order valence-corrected chi connectivity index (χ1v) is 6.45. The Morgan fingerprint density at radius 1 is 1.33 bits per heavy atom. The second kappa shape index (κ2) is 6.01. The summed E-state index contributed by atoms with van der Waals surface area (Å²) in [5.41, 5.74) is 2.78. The van der Waals surface area contributed by atoms with Crippen molar-refractivity contribution in [3.8, 4) is 11.5 Å². The highest BCUT2D eigenvalue weighted by atomic mass is 35.5. The van der Waals surface area contributed by atoms with E-state index in [1.807, 2.05) is 54.2 Å². The number of Topliss-reactive ketones (excluding diaryl/α,β-unsaturated/α-hetero) is 1. The third-order valence-corrected chi connectivity index (χ3v) is 3.06. The Bertz CT molecular complexity index is 797. The average Bonchev–Trinajstić information content (AvgIpc) is 2.81.